The summed E-state index contributed by atoms with van der Waals surface area (Å²) in [6.45, 7) is 5.67. The molecule has 2 aliphatic heterocycles. The zero-order valence-electron chi connectivity index (χ0n) is 16.5. The van der Waals surface area contributed by atoms with Gasteiger partial charge in [0, 0.05) is 37.6 Å². The first-order chi connectivity index (χ1) is 14.1. The number of aryl methyl sites for hydroxylation is 1. The maximum atomic E-state index is 13.4. The molecule has 4 rings (SSSR count). The lowest BCUT2D eigenvalue weighted by Gasteiger charge is -2.36. The average molecular weight is 412 g/mol. The van der Waals surface area contributed by atoms with Crippen LogP contribution in [0.1, 0.15) is 17.4 Å². The van der Waals surface area contributed by atoms with E-state index in [0.29, 0.717) is 36.6 Å². The molecule has 152 valence electrons. The molecule has 3 heterocycles. The van der Waals surface area contributed by atoms with Crippen LogP contribution < -0.4 is 4.90 Å². The smallest absolute Gasteiger partial charge is 0.282 e. The largest absolute Gasteiger partial charge is 0.395 e. The van der Waals surface area contributed by atoms with Crippen LogP contribution in [-0.4, -0.2) is 66.1 Å². The second kappa shape index (κ2) is 8.49. The highest BCUT2D eigenvalue weighted by Crippen LogP contribution is 2.36. The number of aliphatic hydroxyl groups is 1. The second-order valence-electron chi connectivity index (χ2n) is 7.22. The number of hydrogen-bond acceptors (Lipinski definition) is 6. The van der Waals surface area contributed by atoms with Gasteiger partial charge in [-0.05, 0) is 35.6 Å². The standard InChI is InChI=1S/C22H25N3O3S/c1-2-16-5-7-17(8-6-16)25-21(27)19(18-4-3-15-29-18)20(22(25)28)24-11-9-23(10-12-24)13-14-26/h3-8,15,26H,2,9-14H2,1H3. The number of rotatable bonds is 6. The van der Waals surface area contributed by atoms with Crippen molar-refractivity contribution in [3.63, 3.8) is 0 Å². The molecule has 1 fully saturated rings. The third kappa shape index (κ3) is 3.73. The van der Waals surface area contributed by atoms with Crippen LogP contribution in [-0.2, 0) is 16.0 Å². The number of aliphatic hydroxyl groups excluding tert-OH is 1. The summed E-state index contributed by atoms with van der Waals surface area (Å²) in [6, 6.07) is 11.4. The Balaban J connectivity index is 1.68. The van der Waals surface area contributed by atoms with Crippen molar-refractivity contribution in [3.8, 4) is 0 Å². The molecule has 0 atom stereocenters. The summed E-state index contributed by atoms with van der Waals surface area (Å²) in [5.74, 6) is -0.507. The molecule has 1 aromatic heterocycles. The Labute approximate surface area is 174 Å². The minimum absolute atomic E-state index is 0.127. The van der Waals surface area contributed by atoms with Crippen LogP contribution in [0.5, 0.6) is 0 Å². The average Bonchev–Trinajstić information content (AvgIpc) is 3.35. The second-order valence-corrected chi connectivity index (χ2v) is 8.17. The maximum Gasteiger partial charge on any atom is 0.282 e. The minimum Gasteiger partial charge on any atom is -0.395 e. The summed E-state index contributed by atoms with van der Waals surface area (Å²) in [6.07, 6.45) is 0.907. The number of amides is 2. The highest BCUT2D eigenvalue weighted by atomic mass is 32.1. The lowest BCUT2D eigenvalue weighted by molar-refractivity contribution is -0.120. The number of anilines is 1. The molecular formula is C22H25N3O3S. The highest BCUT2D eigenvalue weighted by Gasteiger charge is 2.43. The Hall–Kier alpha value is -2.48. The van der Waals surface area contributed by atoms with E-state index in [1.54, 1.807) is 0 Å². The van der Waals surface area contributed by atoms with Gasteiger partial charge in [-0.1, -0.05) is 25.1 Å². The van der Waals surface area contributed by atoms with Gasteiger partial charge in [-0.2, -0.15) is 0 Å². The third-order valence-corrected chi connectivity index (χ3v) is 6.42. The first kappa shape index (κ1) is 19.8. The number of nitrogens with zero attached hydrogens (tertiary/aromatic N) is 3. The summed E-state index contributed by atoms with van der Waals surface area (Å²) < 4.78 is 0. The molecule has 7 heteroatoms. The number of thiophene rings is 1. The Morgan fingerprint density at radius 3 is 2.31 bits per heavy atom. The molecule has 0 aliphatic carbocycles. The molecule has 1 N–H and O–H groups in total. The third-order valence-electron chi connectivity index (χ3n) is 5.53. The van der Waals surface area contributed by atoms with Gasteiger partial charge in [0.2, 0.25) is 0 Å². The van der Waals surface area contributed by atoms with Crippen LogP contribution >= 0.6 is 11.3 Å². The molecule has 1 aromatic carbocycles. The quantitative estimate of drug-likeness (QED) is 0.739. The topological polar surface area (TPSA) is 64.1 Å². The van der Waals surface area contributed by atoms with Gasteiger partial charge in [-0.3, -0.25) is 14.5 Å². The summed E-state index contributed by atoms with van der Waals surface area (Å²) in [5.41, 5.74) is 2.78. The van der Waals surface area contributed by atoms with Crippen molar-refractivity contribution in [3.05, 3.63) is 57.9 Å². The molecule has 0 unspecified atom stereocenters. The SMILES string of the molecule is CCc1ccc(N2C(=O)C(c3cccs3)=C(N3CCN(CCO)CC3)C2=O)cc1. The normalized spacial score (nSPS) is 18.3. The van der Waals surface area contributed by atoms with Crippen LogP contribution in [0, 0.1) is 0 Å². The van der Waals surface area contributed by atoms with Crippen LogP contribution in [0.15, 0.2) is 47.5 Å². The molecular weight excluding hydrogens is 386 g/mol. The van der Waals surface area contributed by atoms with Gasteiger partial charge in [0.1, 0.15) is 5.70 Å². The molecule has 2 aromatic rings. The van der Waals surface area contributed by atoms with E-state index in [1.807, 2.05) is 46.7 Å². The summed E-state index contributed by atoms with van der Waals surface area (Å²) in [5, 5.41) is 11.1. The number of piperazine rings is 1. The van der Waals surface area contributed by atoms with E-state index in [0.717, 1.165) is 24.4 Å². The molecule has 0 spiro atoms. The Morgan fingerprint density at radius 2 is 1.72 bits per heavy atom. The van der Waals surface area contributed by atoms with Gasteiger partial charge in [0.25, 0.3) is 11.8 Å². The van der Waals surface area contributed by atoms with E-state index in [9.17, 15) is 9.59 Å². The van der Waals surface area contributed by atoms with E-state index in [2.05, 4.69) is 11.8 Å². The number of carbonyl (C=O) groups is 2. The van der Waals surface area contributed by atoms with Crippen molar-refractivity contribution >= 4 is 34.4 Å². The monoisotopic (exact) mass is 411 g/mol. The zero-order chi connectivity index (χ0) is 20.4. The van der Waals surface area contributed by atoms with E-state index in [4.69, 9.17) is 5.11 Å². The summed E-state index contributed by atoms with van der Waals surface area (Å²) in [7, 11) is 0. The molecule has 0 saturated carbocycles. The minimum atomic E-state index is -0.255. The predicted octanol–water partition coefficient (Wildman–Crippen LogP) is 2.20. The van der Waals surface area contributed by atoms with Crippen molar-refractivity contribution in [2.75, 3.05) is 44.2 Å². The Morgan fingerprint density at radius 1 is 1.00 bits per heavy atom. The van der Waals surface area contributed by atoms with Crippen molar-refractivity contribution in [2.45, 2.75) is 13.3 Å². The van der Waals surface area contributed by atoms with Gasteiger partial charge in [0.05, 0.1) is 17.9 Å². The molecule has 2 amide bonds. The van der Waals surface area contributed by atoms with Gasteiger partial charge >= 0.3 is 0 Å². The van der Waals surface area contributed by atoms with Crippen molar-refractivity contribution in [1.29, 1.82) is 0 Å². The van der Waals surface area contributed by atoms with Crippen LogP contribution in [0.3, 0.4) is 0 Å². The van der Waals surface area contributed by atoms with Gasteiger partial charge < -0.3 is 10.0 Å². The van der Waals surface area contributed by atoms with Gasteiger partial charge in [-0.25, -0.2) is 4.90 Å². The fourth-order valence-corrected chi connectivity index (χ4v) is 4.67. The van der Waals surface area contributed by atoms with Crippen molar-refractivity contribution in [2.24, 2.45) is 0 Å². The van der Waals surface area contributed by atoms with Crippen molar-refractivity contribution in [1.82, 2.24) is 9.80 Å². The lowest BCUT2D eigenvalue weighted by Crippen LogP contribution is -2.48. The molecule has 6 nitrogen and oxygen atoms in total. The molecule has 0 radical (unpaired) electrons. The Kier molecular flexibility index (Phi) is 5.80. The zero-order valence-corrected chi connectivity index (χ0v) is 17.3. The summed E-state index contributed by atoms with van der Waals surface area (Å²) >= 11 is 1.48. The van der Waals surface area contributed by atoms with E-state index in [-0.39, 0.29) is 18.4 Å². The first-order valence-electron chi connectivity index (χ1n) is 9.98. The Bertz CT molecular complexity index is 913. The number of carbonyl (C=O) groups excluding carboxylic acids is 2. The van der Waals surface area contributed by atoms with Crippen LogP contribution in [0.25, 0.3) is 5.57 Å². The number of imide groups is 1. The molecule has 1 saturated heterocycles. The maximum absolute atomic E-state index is 13.4. The van der Waals surface area contributed by atoms with E-state index in [1.165, 1.54) is 21.8 Å². The van der Waals surface area contributed by atoms with Crippen LogP contribution in [0.4, 0.5) is 5.69 Å². The fraction of sp³-hybridized carbons (Fsp3) is 0.364. The number of benzene rings is 1. The van der Waals surface area contributed by atoms with Gasteiger partial charge in [-0.15, -0.1) is 11.3 Å². The van der Waals surface area contributed by atoms with Gasteiger partial charge in [0.15, 0.2) is 0 Å². The van der Waals surface area contributed by atoms with Crippen LogP contribution in [0.2, 0.25) is 0 Å². The first-order valence-corrected chi connectivity index (χ1v) is 10.9. The van der Waals surface area contributed by atoms with E-state index >= 15 is 0 Å². The number of β-amino-alcohol motifs (C(OH)–C–C–N with tert-alkyl or cyclic N) is 1. The van der Waals surface area contributed by atoms with Crippen molar-refractivity contribution < 1.29 is 14.7 Å². The highest BCUT2D eigenvalue weighted by molar-refractivity contribution is 7.11. The molecule has 0 bridgehead atoms. The summed E-state index contributed by atoms with van der Waals surface area (Å²) in [4.78, 5) is 33.1. The van der Waals surface area contributed by atoms with E-state index < -0.39 is 0 Å². The molecule has 29 heavy (non-hydrogen) atoms. The number of hydrogen-bond donors (Lipinski definition) is 1. The fourth-order valence-electron chi connectivity index (χ4n) is 3.91. The lowest BCUT2D eigenvalue weighted by atomic mass is 10.1. The predicted molar refractivity (Wildman–Crippen MR) is 115 cm³/mol. The molecule has 2 aliphatic rings.